The molecule has 58 heavy (non-hydrogen) atoms. The third kappa shape index (κ3) is 10.9. The SMILES string of the molecule is COc1ccc(CS(=O)(=O)[C@@H]2C[C@@H](C(=O)N[C@H](C(=O)C(F)(F)F)C(C)C)N(C(O)[C@H](Cc3ccc(CN)cc3)NC(=O)C(F)(F)c3ccccc3C(F)(F)F)C2)cc1. The van der Waals surface area contributed by atoms with E-state index in [4.69, 9.17) is 10.5 Å². The number of aliphatic hydroxyl groups is 1. The van der Waals surface area contributed by atoms with Crippen LogP contribution in [0.15, 0.2) is 72.8 Å². The highest BCUT2D eigenvalue weighted by Crippen LogP contribution is 2.40. The van der Waals surface area contributed by atoms with Gasteiger partial charge in [-0.05, 0) is 53.6 Å². The van der Waals surface area contributed by atoms with Crippen LogP contribution in [0.3, 0.4) is 0 Å². The second kappa shape index (κ2) is 18.1. The Kier molecular flexibility index (Phi) is 14.4. The van der Waals surface area contributed by atoms with Crippen LogP contribution in [0.5, 0.6) is 5.75 Å². The van der Waals surface area contributed by atoms with Gasteiger partial charge in [0.15, 0.2) is 9.84 Å². The molecule has 1 unspecified atom stereocenters. The molecular formula is C38H42F8N4O7S. The van der Waals surface area contributed by atoms with Gasteiger partial charge < -0.3 is 26.2 Å². The number of aliphatic hydroxyl groups excluding tert-OH is 1. The monoisotopic (exact) mass is 850 g/mol. The van der Waals surface area contributed by atoms with Crippen LogP contribution >= 0.6 is 0 Å². The van der Waals surface area contributed by atoms with Crippen molar-refractivity contribution in [2.75, 3.05) is 13.7 Å². The normalized spacial score (nSPS) is 18.4. The van der Waals surface area contributed by atoms with E-state index < -0.39 is 117 Å². The van der Waals surface area contributed by atoms with Gasteiger partial charge in [0.25, 0.3) is 11.7 Å². The number of halogens is 8. The van der Waals surface area contributed by atoms with Crippen molar-refractivity contribution in [3.05, 3.63) is 101 Å². The molecule has 1 heterocycles. The molecule has 1 fully saturated rings. The molecule has 20 heteroatoms. The highest BCUT2D eigenvalue weighted by Gasteiger charge is 2.52. The van der Waals surface area contributed by atoms with Crippen molar-refractivity contribution in [3.63, 3.8) is 0 Å². The van der Waals surface area contributed by atoms with Crippen LogP contribution in [0, 0.1) is 5.92 Å². The summed E-state index contributed by atoms with van der Waals surface area (Å²) < 4.78 is 146. The lowest BCUT2D eigenvalue weighted by molar-refractivity contribution is -0.175. The number of benzene rings is 3. The molecule has 0 spiro atoms. The van der Waals surface area contributed by atoms with E-state index in [9.17, 15) is 54.3 Å². The quantitative estimate of drug-likeness (QED) is 0.150. The van der Waals surface area contributed by atoms with Gasteiger partial charge in [-0.25, -0.2) is 8.42 Å². The number of likely N-dealkylation sites (tertiary alicyclic amines) is 1. The number of hydrogen-bond acceptors (Lipinski definition) is 9. The van der Waals surface area contributed by atoms with Gasteiger partial charge in [-0.2, -0.15) is 35.1 Å². The van der Waals surface area contributed by atoms with E-state index >= 15 is 8.78 Å². The summed E-state index contributed by atoms with van der Waals surface area (Å²) in [4.78, 5) is 40.3. The lowest BCUT2D eigenvalue weighted by Crippen LogP contribution is -2.60. The number of nitrogens with two attached hydrogens (primary N) is 1. The predicted molar refractivity (Wildman–Crippen MR) is 194 cm³/mol. The molecular weight excluding hydrogens is 808 g/mol. The fourth-order valence-corrected chi connectivity index (χ4v) is 8.34. The number of sulfone groups is 1. The third-order valence-corrected chi connectivity index (χ3v) is 11.8. The number of nitrogens with one attached hydrogen (secondary N) is 2. The summed E-state index contributed by atoms with van der Waals surface area (Å²) in [7, 11) is -2.91. The van der Waals surface area contributed by atoms with Gasteiger partial charge in [0, 0.05) is 18.7 Å². The van der Waals surface area contributed by atoms with E-state index in [0.717, 1.165) is 17.0 Å². The van der Waals surface area contributed by atoms with Crippen molar-refractivity contribution in [1.82, 2.24) is 15.5 Å². The van der Waals surface area contributed by atoms with E-state index in [-0.39, 0.29) is 17.7 Å². The van der Waals surface area contributed by atoms with Crippen LogP contribution < -0.4 is 21.1 Å². The van der Waals surface area contributed by atoms with Gasteiger partial charge >= 0.3 is 18.3 Å². The molecule has 1 aliphatic heterocycles. The van der Waals surface area contributed by atoms with Crippen molar-refractivity contribution < 1.29 is 67.8 Å². The van der Waals surface area contributed by atoms with Crippen molar-refractivity contribution in [1.29, 1.82) is 0 Å². The topological polar surface area (TPSA) is 168 Å². The van der Waals surface area contributed by atoms with Crippen LogP contribution in [0.2, 0.25) is 0 Å². The molecule has 11 nitrogen and oxygen atoms in total. The zero-order valence-electron chi connectivity index (χ0n) is 31.3. The Balaban J connectivity index is 1.77. The first kappa shape index (κ1) is 46.0. The number of nitrogens with zero attached hydrogens (tertiary/aromatic N) is 1. The number of ether oxygens (including phenoxy) is 1. The first-order valence-corrected chi connectivity index (χ1v) is 19.4. The average Bonchev–Trinajstić information content (AvgIpc) is 3.63. The molecule has 3 aromatic rings. The Morgan fingerprint density at radius 2 is 1.41 bits per heavy atom. The predicted octanol–water partition coefficient (Wildman–Crippen LogP) is 4.64. The summed E-state index contributed by atoms with van der Waals surface area (Å²) in [5.41, 5.74) is 3.24. The second-order valence-electron chi connectivity index (χ2n) is 14.2. The molecule has 0 aromatic heterocycles. The standard InChI is InChI=1S/C38H42F8N4O7S/c1-21(2)31(32(51)38(44,45)46)49-33(52)30-17-26(58(55,56)20-24-12-14-25(57-3)15-13-24)19-50(30)34(53)29(16-22-8-10-23(18-47)11-9-22)48-35(54)36(39,40)27-6-4-5-7-28(27)37(41,42)43/h4-15,21,26,29-31,34,53H,16-20,47H2,1-3H3,(H,48,54)(H,49,52)/t26-,29+,30+,31+,34?/m1/s1. The second-order valence-corrected chi connectivity index (χ2v) is 16.4. The fraction of sp³-hybridized carbons (Fsp3) is 0.447. The van der Waals surface area contributed by atoms with Crippen molar-refractivity contribution in [2.45, 2.75) is 86.9 Å². The molecule has 5 N–H and O–H groups in total. The molecule has 3 aromatic carbocycles. The van der Waals surface area contributed by atoms with Crippen LogP contribution in [-0.2, 0) is 55.0 Å². The number of Topliss-reactive ketones (excluding diaryl/α,β-unsaturated/α-hetero) is 1. The first-order valence-electron chi connectivity index (χ1n) is 17.7. The molecule has 4 rings (SSSR count). The van der Waals surface area contributed by atoms with Crippen molar-refractivity contribution in [2.24, 2.45) is 11.7 Å². The number of carbonyl (C=O) groups excluding carboxylic acids is 3. The highest BCUT2D eigenvalue weighted by atomic mass is 32.2. The summed E-state index contributed by atoms with van der Waals surface area (Å²) in [6, 6.07) is 8.27. The molecule has 1 aliphatic rings. The van der Waals surface area contributed by atoms with E-state index in [1.54, 1.807) is 0 Å². The summed E-state index contributed by atoms with van der Waals surface area (Å²) >= 11 is 0. The Labute approximate surface area is 328 Å². The number of methoxy groups -OCH3 is 1. The minimum atomic E-state index is -5.40. The Morgan fingerprint density at radius 3 is 1.93 bits per heavy atom. The number of amides is 2. The lowest BCUT2D eigenvalue weighted by atomic mass is 9.98. The van der Waals surface area contributed by atoms with Gasteiger partial charge in [-0.15, -0.1) is 0 Å². The first-order chi connectivity index (χ1) is 26.9. The molecule has 5 atom stereocenters. The van der Waals surface area contributed by atoms with E-state index in [1.807, 2.05) is 10.6 Å². The minimum absolute atomic E-state index is 0.0824. The smallest absolute Gasteiger partial charge is 0.452 e. The molecule has 0 aliphatic carbocycles. The van der Waals surface area contributed by atoms with Crippen LogP contribution in [0.4, 0.5) is 35.1 Å². The van der Waals surface area contributed by atoms with E-state index in [0.29, 0.717) is 23.4 Å². The average molecular weight is 851 g/mol. The summed E-state index contributed by atoms with van der Waals surface area (Å²) in [5.74, 6) is -12.2. The molecule has 0 radical (unpaired) electrons. The molecule has 1 saturated heterocycles. The maximum absolute atomic E-state index is 15.8. The maximum atomic E-state index is 15.8. The highest BCUT2D eigenvalue weighted by molar-refractivity contribution is 7.91. The Bertz CT molecular complexity index is 2030. The zero-order valence-corrected chi connectivity index (χ0v) is 32.1. The van der Waals surface area contributed by atoms with Gasteiger partial charge in [0.05, 0.1) is 41.8 Å². The number of alkyl halides is 8. The largest absolute Gasteiger partial charge is 0.497 e. The van der Waals surface area contributed by atoms with Crippen LogP contribution in [0.25, 0.3) is 0 Å². The van der Waals surface area contributed by atoms with Gasteiger partial charge in [-0.1, -0.05) is 68.4 Å². The summed E-state index contributed by atoms with van der Waals surface area (Å²) in [5, 5.41) is 14.2. The fourth-order valence-electron chi connectivity index (χ4n) is 6.58. The molecule has 0 saturated carbocycles. The summed E-state index contributed by atoms with van der Waals surface area (Å²) in [6.45, 7) is 1.76. The number of hydrogen-bond donors (Lipinski definition) is 4. The van der Waals surface area contributed by atoms with Gasteiger partial charge in [0.2, 0.25) is 5.91 Å². The third-order valence-electron chi connectivity index (χ3n) is 9.75. The zero-order chi connectivity index (χ0) is 43.4. The summed E-state index contributed by atoms with van der Waals surface area (Å²) in [6.07, 6.45) is -14.2. The molecule has 0 bridgehead atoms. The van der Waals surface area contributed by atoms with Gasteiger partial charge in [0.1, 0.15) is 12.0 Å². The van der Waals surface area contributed by atoms with E-state index in [2.05, 4.69) is 0 Å². The van der Waals surface area contributed by atoms with Gasteiger partial charge in [-0.3, -0.25) is 19.3 Å². The molecule has 318 valence electrons. The number of rotatable bonds is 16. The van der Waals surface area contributed by atoms with Crippen LogP contribution in [-0.4, -0.2) is 85.5 Å². The molecule has 2 amide bonds. The van der Waals surface area contributed by atoms with E-state index in [1.165, 1.54) is 69.5 Å². The van der Waals surface area contributed by atoms with Crippen molar-refractivity contribution >= 4 is 27.4 Å². The Morgan fingerprint density at radius 1 is 0.862 bits per heavy atom. The van der Waals surface area contributed by atoms with Crippen LogP contribution in [0.1, 0.15) is 48.1 Å². The Hall–Kier alpha value is -4.66. The maximum Gasteiger partial charge on any atom is 0.452 e. The lowest BCUT2D eigenvalue weighted by Gasteiger charge is -2.36. The number of ketones is 1. The number of carbonyl (C=O) groups is 3. The van der Waals surface area contributed by atoms with Crippen molar-refractivity contribution in [3.8, 4) is 5.75 Å². The minimum Gasteiger partial charge on any atom is -0.497 e.